The van der Waals surface area contributed by atoms with Gasteiger partial charge in [-0.3, -0.25) is 14.5 Å². The standard InChI is InChI=1S/C21H21Cl2NO4S2/c1-5-24-18(25)15(30-20(24)29)9-11-6-7-13(14(8-11)27-4)28-19(26)17-12(10-16(22)23)21(17,2)3/h6-10,12,17H,5H2,1-4H3/b15-9-/t12-,17+/m1/s1. The number of rotatable bonds is 6. The average molecular weight is 486 g/mol. The molecule has 30 heavy (non-hydrogen) atoms. The van der Waals surface area contributed by atoms with E-state index in [-0.39, 0.29) is 33.6 Å². The molecule has 1 saturated carbocycles. The minimum Gasteiger partial charge on any atom is -0.493 e. The van der Waals surface area contributed by atoms with Gasteiger partial charge in [-0.15, -0.1) is 0 Å². The van der Waals surface area contributed by atoms with Crippen molar-refractivity contribution in [1.29, 1.82) is 0 Å². The van der Waals surface area contributed by atoms with E-state index in [0.29, 0.717) is 27.3 Å². The van der Waals surface area contributed by atoms with E-state index in [0.717, 1.165) is 5.56 Å². The molecule has 0 bridgehead atoms. The van der Waals surface area contributed by atoms with Gasteiger partial charge in [0.15, 0.2) is 11.5 Å². The van der Waals surface area contributed by atoms with Gasteiger partial charge in [0.25, 0.3) is 5.91 Å². The van der Waals surface area contributed by atoms with Crippen molar-refractivity contribution in [2.45, 2.75) is 20.8 Å². The van der Waals surface area contributed by atoms with E-state index in [2.05, 4.69) is 0 Å². The Labute approximate surface area is 195 Å². The van der Waals surface area contributed by atoms with Crippen LogP contribution in [0.15, 0.2) is 33.7 Å². The van der Waals surface area contributed by atoms with Crippen LogP contribution in [-0.4, -0.2) is 34.8 Å². The molecule has 2 atom stereocenters. The number of hydrogen-bond acceptors (Lipinski definition) is 6. The summed E-state index contributed by atoms with van der Waals surface area (Å²) in [7, 11) is 1.49. The van der Waals surface area contributed by atoms with Crippen LogP contribution in [0.5, 0.6) is 11.5 Å². The van der Waals surface area contributed by atoms with Gasteiger partial charge in [0, 0.05) is 6.54 Å². The van der Waals surface area contributed by atoms with Crippen LogP contribution in [-0.2, 0) is 9.59 Å². The molecule has 0 aromatic heterocycles. The Kier molecular flexibility index (Phi) is 6.87. The van der Waals surface area contributed by atoms with Crippen LogP contribution in [0.2, 0.25) is 0 Å². The van der Waals surface area contributed by atoms with Crippen LogP contribution in [0.25, 0.3) is 6.08 Å². The summed E-state index contributed by atoms with van der Waals surface area (Å²) < 4.78 is 11.7. The van der Waals surface area contributed by atoms with E-state index in [1.807, 2.05) is 20.8 Å². The van der Waals surface area contributed by atoms with Crippen LogP contribution in [0, 0.1) is 17.3 Å². The Bertz CT molecular complexity index is 970. The predicted octanol–water partition coefficient (Wildman–Crippen LogP) is 5.41. The van der Waals surface area contributed by atoms with E-state index in [9.17, 15) is 9.59 Å². The van der Waals surface area contributed by atoms with Gasteiger partial charge < -0.3 is 9.47 Å². The second-order valence-electron chi connectivity index (χ2n) is 7.54. The summed E-state index contributed by atoms with van der Waals surface area (Å²) in [5.74, 6) is -0.210. The van der Waals surface area contributed by atoms with Crippen LogP contribution in [0.3, 0.4) is 0 Å². The highest BCUT2D eigenvalue weighted by Crippen LogP contribution is 2.60. The summed E-state index contributed by atoms with van der Waals surface area (Å²) in [6.07, 6.45) is 3.41. The van der Waals surface area contributed by atoms with Crippen molar-refractivity contribution < 1.29 is 19.1 Å². The topological polar surface area (TPSA) is 55.8 Å². The number of benzene rings is 1. The number of carbonyl (C=O) groups is 2. The summed E-state index contributed by atoms with van der Waals surface area (Å²) in [5, 5.41) is 0. The SMILES string of the molecule is CCN1C(=O)/C(=C/c2ccc(OC(=O)[C@@H]3[C@@H](C=C(Cl)Cl)C3(C)C)c(OC)c2)SC1=S. The van der Waals surface area contributed by atoms with Crippen LogP contribution >= 0.6 is 47.2 Å². The Morgan fingerprint density at radius 2 is 2.03 bits per heavy atom. The van der Waals surface area contributed by atoms with Crippen molar-refractivity contribution in [1.82, 2.24) is 4.90 Å². The van der Waals surface area contributed by atoms with Gasteiger partial charge in [-0.2, -0.15) is 0 Å². The minimum absolute atomic E-state index is 0.0826. The molecule has 1 aliphatic heterocycles. The number of methoxy groups -OCH3 is 1. The maximum atomic E-state index is 12.7. The molecule has 0 spiro atoms. The molecule has 0 unspecified atom stereocenters. The zero-order chi connectivity index (χ0) is 22.2. The normalized spacial score (nSPS) is 23.5. The molecule has 1 amide bonds. The first-order chi connectivity index (χ1) is 14.1. The first kappa shape index (κ1) is 23.1. The lowest BCUT2D eigenvalue weighted by Gasteiger charge is -2.11. The third-order valence-electron chi connectivity index (χ3n) is 5.36. The third-order valence-corrected chi connectivity index (χ3v) is 6.99. The summed E-state index contributed by atoms with van der Waals surface area (Å²) in [4.78, 5) is 27.2. The van der Waals surface area contributed by atoms with E-state index in [1.54, 1.807) is 35.3 Å². The fourth-order valence-corrected chi connectivity index (χ4v) is 5.18. The number of nitrogens with zero attached hydrogens (tertiary/aromatic N) is 1. The molecule has 1 aromatic rings. The summed E-state index contributed by atoms with van der Waals surface area (Å²) in [5.41, 5.74) is 0.456. The molecule has 1 heterocycles. The van der Waals surface area contributed by atoms with Gasteiger partial charge in [0.2, 0.25) is 0 Å². The molecule has 3 rings (SSSR count). The number of hydrogen-bond donors (Lipinski definition) is 0. The second-order valence-corrected chi connectivity index (χ2v) is 10.2. The molecule has 0 N–H and O–H groups in total. The molecule has 5 nitrogen and oxygen atoms in total. The van der Waals surface area contributed by atoms with Gasteiger partial charge >= 0.3 is 5.97 Å². The maximum Gasteiger partial charge on any atom is 0.315 e. The predicted molar refractivity (Wildman–Crippen MR) is 125 cm³/mol. The highest BCUT2D eigenvalue weighted by molar-refractivity contribution is 8.26. The largest absolute Gasteiger partial charge is 0.493 e. The fourth-order valence-electron chi connectivity index (χ4n) is 3.53. The first-order valence-corrected chi connectivity index (χ1v) is 11.3. The molecule has 1 aromatic carbocycles. The smallest absolute Gasteiger partial charge is 0.315 e. The molecule has 2 fully saturated rings. The highest BCUT2D eigenvalue weighted by atomic mass is 35.5. The van der Waals surface area contributed by atoms with Gasteiger partial charge in [-0.05, 0) is 48.1 Å². The number of likely N-dealkylation sites (N-methyl/N-ethyl adjacent to an activating group) is 1. The van der Waals surface area contributed by atoms with Gasteiger partial charge in [0.1, 0.15) is 8.81 Å². The van der Waals surface area contributed by atoms with Crippen LogP contribution in [0.1, 0.15) is 26.3 Å². The van der Waals surface area contributed by atoms with Crippen molar-refractivity contribution in [3.05, 3.63) is 39.2 Å². The number of amides is 1. The zero-order valence-electron chi connectivity index (χ0n) is 16.9. The summed E-state index contributed by atoms with van der Waals surface area (Å²) in [6.45, 7) is 6.33. The lowest BCUT2D eigenvalue weighted by Crippen LogP contribution is -2.27. The lowest BCUT2D eigenvalue weighted by atomic mass is 10.1. The van der Waals surface area contributed by atoms with Crippen molar-refractivity contribution in [2.75, 3.05) is 13.7 Å². The van der Waals surface area contributed by atoms with Crippen molar-refractivity contribution in [3.8, 4) is 11.5 Å². The Balaban J connectivity index is 1.78. The monoisotopic (exact) mass is 485 g/mol. The Morgan fingerprint density at radius 1 is 1.33 bits per heavy atom. The summed E-state index contributed by atoms with van der Waals surface area (Å²) in [6, 6.07) is 5.12. The molecular formula is C21H21Cl2NO4S2. The molecule has 1 aliphatic carbocycles. The fraction of sp³-hybridized carbons (Fsp3) is 0.381. The van der Waals surface area contributed by atoms with Crippen molar-refractivity contribution >= 4 is 69.5 Å². The average Bonchev–Trinajstić information content (AvgIpc) is 3.09. The van der Waals surface area contributed by atoms with Gasteiger partial charge in [-0.1, -0.05) is 67.1 Å². The Morgan fingerprint density at radius 3 is 2.60 bits per heavy atom. The first-order valence-electron chi connectivity index (χ1n) is 9.28. The molecule has 9 heteroatoms. The lowest BCUT2D eigenvalue weighted by molar-refractivity contribution is -0.136. The highest BCUT2D eigenvalue weighted by Gasteiger charge is 2.61. The molecule has 0 radical (unpaired) electrons. The molecule has 160 valence electrons. The molecule has 1 saturated heterocycles. The van der Waals surface area contributed by atoms with Crippen LogP contribution < -0.4 is 9.47 Å². The van der Waals surface area contributed by atoms with E-state index < -0.39 is 0 Å². The van der Waals surface area contributed by atoms with Gasteiger partial charge in [-0.25, -0.2) is 0 Å². The number of ether oxygens (including phenoxy) is 2. The number of allylic oxidation sites excluding steroid dienone is 1. The van der Waals surface area contributed by atoms with Gasteiger partial charge in [0.05, 0.1) is 17.9 Å². The quantitative estimate of drug-likeness (QED) is 0.232. The third kappa shape index (κ3) is 4.54. The van der Waals surface area contributed by atoms with E-state index >= 15 is 0 Å². The molecule has 2 aliphatic rings. The minimum atomic E-state index is -0.370. The number of thiocarbonyl (C=S) groups is 1. The zero-order valence-corrected chi connectivity index (χ0v) is 20.0. The number of esters is 1. The number of thioether (sulfide) groups is 1. The maximum absolute atomic E-state index is 12.7. The number of carbonyl (C=O) groups excluding carboxylic acids is 2. The van der Waals surface area contributed by atoms with Crippen LogP contribution in [0.4, 0.5) is 0 Å². The van der Waals surface area contributed by atoms with Crippen molar-refractivity contribution in [3.63, 3.8) is 0 Å². The summed E-state index contributed by atoms with van der Waals surface area (Å²) >= 11 is 18.0. The molecular weight excluding hydrogens is 465 g/mol. The Hall–Kier alpha value is -1.54. The van der Waals surface area contributed by atoms with Crippen molar-refractivity contribution in [2.24, 2.45) is 17.3 Å². The van der Waals surface area contributed by atoms with E-state index in [4.69, 9.17) is 44.9 Å². The number of halogens is 2. The van der Waals surface area contributed by atoms with E-state index in [1.165, 1.54) is 18.9 Å². The second kappa shape index (κ2) is 8.91.